The Morgan fingerprint density at radius 2 is 2.17 bits per heavy atom. The van der Waals surface area contributed by atoms with Gasteiger partial charge in [-0.05, 0) is 32.0 Å². The Balaban J connectivity index is 1.94. The second kappa shape index (κ2) is 5.98. The zero-order chi connectivity index (χ0) is 13.0. The molecule has 0 saturated carbocycles. The molecule has 18 heavy (non-hydrogen) atoms. The minimum Gasteiger partial charge on any atom is -0.481 e. The molecule has 0 radical (unpaired) electrons. The fourth-order valence-electron chi connectivity index (χ4n) is 1.71. The summed E-state index contributed by atoms with van der Waals surface area (Å²) < 4.78 is 5.11. The van der Waals surface area contributed by atoms with Crippen molar-refractivity contribution < 1.29 is 4.74 Å². The van der Waals surface area contributed by atoms with Crippen LogP contribution in [-0.2, 0) is 6.54 Å². The van der Waals surface area contributed by atoms with Crippen molar-refractivity contribution in [2.75, 3.05) is 7.11 Å². The van der Waals surface area contributed by atoms with Gasteiger partial charge in [-0.25, -0.2) is 4.98 Å². The fourth-order valence-corrected chi connectivity index (χ4v) is 2.62. The number of rotatable bonds is 5. The largest absolute Gasteiger partial charge is 0.481 e. The highest BCUT2D eigenvalue weighted by atomic mass is 32.1. The molecule has 0 spiro atoms. The first-order valence-corrected chi connectivity index (χ1v) is 6.80. The summed E-state index contributed by atoms with van der Waals surface area (Å²) in [6, 6.07) is 10.5. The monoisotopic (exact) mass is 262 g/mol. The van der Waals surface area contributed by atoms with Crippen molar-refractivity contribution >= 4 is 11.3 Å². The molecule has 2 aromatic rings. The summed E-state index contributed by atoms with van der Waals surface area (Å²) in [5.74, 6) is 0.661. The molecule has 1 atom stereocenters. The Hall–Kier alpha value is -1.39. The predicted molar refractivity (Wildman–Crippen MR) is 75.1 cm³/mol. The van der Waals surface area contributed by atoms with Gasteiger partial charge in [0, 0.05) is 28.4 Å². The van der Waals surface area contributed by atoms with Crippen molar-refractivity contribution in [3.63, 3.8) is 0 Å². The molecule has 0 saturated heterocycles. The molecule has 0 aliphatic carbocycles. The molecule has 0 aromatic carbocycles. The second-order valence-electron chi connectivity index (χ2n) is 4.22. The first kappa shape index (κ1) is 13.1. The van der Waals surface area contributed by atoms with Crippen LogP contribution in [0.3, 0.4) is 0 Å². The molecule has 2 heterocycles. The summed E-state index contributed by atoms with van der Waals surface area (Å²) in [5, 5.41) is 3.47. The van der Waals surface area contributed by atoms with Gasteiger partial charge in [0.2, 0.25) is 5.88 Å². The molecular weight excluding hydrogens is 244 g/mol. The lowest BCUT2D eigenvalue weighted by atomic mass is 10.2. The van der Waals surface area contributed by atoms with Gasteiger partial charge in [0.15, 0.2) is 0 Å². The average molecular weight is 262 g/mol. The zero-order valence-corrected chi connectivity index (χ0v) is 11.8. The van der Waals surface area contributed by atoms with E-state index in [9.17, 15) is 0 Å². The van der Waals surface area contributed by atoms with Crippen LogP contribution >= 0.6 is 11.3 Å². The van der Waals surface area contributed by atoms with E-state index in [-0.39, 0.29) is 0 Å². The van der Waals surface area contributed by atoms with E-state index in [0.717, 1.165) is 12.2 Å². The smallest absolute Gasteiger partial charge is 0.213 e. The van der Waals surface area contributed by atoms with Crippen LogP contribution in [0.2, 0.25) is 0 Å². The fraction of sp³-hybridized carbons (Fsp3) is 0.357. The van der Waals surface area contributed by atoms with Crippen LogP contribution in [0.15, 0.2) is 30.3 Å². The maximum Gasteiger partial charge on any atom is 0.213 e. The highest BCUT2D eigenvalue weighted by Gasteiger charge is 2.07. The number of aryl methyl sites for hydroxylation is 1. The minimum absolute atomic E-state index is 0.344. The molecule has 0 fully saturated rings. The Labute approximate surface area is 112 Å². The van der Waals surface area contributed by atoms with E-state index in [1.54, 1.807) is 7.11 Å². The van der Waals surface area contributed by atoms with Crippen LogP contribution < -0.4 is 10.1 Å². The lowest BCUT2D eigenvalue weighted by molar-refractivity contribution is 0.395. The van der Waals surface area contributed by atoms with Gasteiger partial charge in [-0.15, -0.1) is 11.3 Å². The van der Waals surface area contributed by atoms with Gasteiger partial charge < -0.3 is 10.1 Å². The van der Waals surface area contributed by atoms with Gasteiger partial charge >= 0.3 is 0 Å². The van der Waals surface area contributed by atoms with Crippen LogP contribution in [0, 0.1) is 6.92 Å². The Morgan fingerprint density at radius 3 is 2.83 bits per heavy atom. The van der Waals surface area contributed by atoms with Crippen LogP contribution in [-0.4, -0.2) is 12.1 Å². The third-order valence-electron chi connectivity index (χ3n) is 2.77. The van der Waals surface area contributed by atoms with Gasteiger partial charge in [-0.1, -0.05) is 6.07 Å². The van der Waals surface area contributed by atoms with Gasteiger partial charge in [0.25, 0.3) is 0 Å². The van der Waals surface area contributed by atoms with Crippen molar-refractivity contribution in [3.8, 4) is 5.88 Å². The maximum atomic E-state index is 5.11. The van der Waals surface area contributed by atoms with E-state index in [2.05, 4.69) is 36.3 Å². The summed E-state index contributed by atoms with van der Waals surface area (Å²) in [5.41, 5.74) is 0.995. The van der Waals surface area contributed by atoms with Crippen LogP contribution in [0.25, 0.3) is 0 Å². The summed E-state index contributed by atoms with van der Waals surface area (Å²) in [7, 11) is 1.64. The van der Waals surface area contributed by atoms with E-state index in [1.165, 1.54) is 9.75 Å². The number of pyridine rings is 1. The third-order valence-corrected chi connectivity index (χ3v) is 3.95. The highest BCUT2D eigenvalue weighted by Crippen LogP contribution is 2.22. The average Bonchev–Trinajstić information content (AvgIpc) is 2.83. The van der Waals surface area contributed by atoms with E-state index in [4.69, 9.17) is 4.74 Å². The molecule has 0 aliphatic rings. The number of thiophene rings is 1. The van der Waals surface area contributed by atoms with E-state index >= 15 is 0 Å². The molecule has 96 valence electrons. The van der Waals surface area contributed by atoms with Gasteiger partial charge in [0.1, 0.15) is 0 Å². The molecule has 0 amide bonds. The molecule has 0 bridgehead atoms. The number of aromatic nitrogens is 1. The second-order valence-corrected chi connectivity index (χ2v) is 5.54. The maximum absolute atomic E-state index is 5.11. The minimum atomic E-state index is 0.344. The van der Waals surface area contributed by atoms with Gasteiger partial charge in [-0.2, -0.15) is 0 Å². The topological polar surface area (TPSA) is 34.1 Å². The highest BCUT2D eigenvalue weighted by molar-refractivity contribution is 7.12. The molecule has 0 aliphatic heterocycles. The van der Waals surface area contributed by atoms with Crippen LogP contribution in [0.5, 0.6) is 5.88 Å². The molecule has 2 rings (SSSR count). The zero-order valence-electron chi connectivity index (χ0n) is 10.9. The summed E-state index contributed by atoms with van der Waals surface area (Å²) in [6.45, 7) is 5.05. The van der Waals surface area contributed by atoms with E-state index in [1.807, 2.05) is 29.5 Å². The van der Waals surface area contributed by atoms with Gasteiger partial charge in [0.05, 0.1) is 12.8 Å². The molecule has 1 N–H and O–H groups in total. The predicted octanol–water partition coefficient (Wildman–Crippen LogP) is 3.31. The number of nitrogens with one attached hydrogen (secondary N) is 1. The Kier molecular flexibility index (Phi) is 4.33. The number of hydrogen-bond acceptors (Lipinski definition) is 4. The third kappa shape index (κ3) is 3.31. The van der Waals surface area contributed by atoms with Crippen molar-refractivity contribution in [1.82, 2.24) is 10.3 Å². The lowest BCUT2D eigenvalue weighted by Crippen LogP contribution is -2.17. The SMILES string of the molecule is COc1cccc(CNC(C)c2ccc(C)s2)n1. The molecule has 3 nitrogen and oxygen atoms in total. The summed E-state index contributed by atoms with van der Waals surface area (Å²) in [4.78, 5) is 7.08. The Bertz CT molecular complexity index is 510. The van der Waals surface area contributed by atoms with Crippen molar-refractivity contribution in [1.29, 1.82) is 0 Å². The number of hydrogen-bond donors (Lipinski definition) is 1. The molecule has 4 heteroatoms. The van der Waals surface area contributed by atoms with E-state index in [0.29, 0.717) is 11.9 Å². The quantitative estimate of drug-likeness (QED) is 0.897. The number of methoxy groups -OCH3 is 1. The summed E-state index contributed by atoms with van der Waals surface area (Å²) in [6.07, 6.45) is 0. The first-order chi connectivity index (χ1) is 8.69. The molecular formula is C14H18N2OS. The van der Waals surface area contributed by atoms with Crippen molar-refractivity contribution in [3.05, 3.63) is 45.8 Å². The molecule has 2 aromatic heterocycles. The standard InChI is InChI=1S/C14H18N2OS/c1-10-7-8-13(18-10)11(2)15-9-12-5-4-6-14(16-12)17-3/h4-8,11,15H,9H2,1-3H3. The van der Waals surface area contributed by atoms with Crippen molar-refractivity contribution in [2.24, 2.45) is 0 Å². The number of nitrogens with zero attached hydrogens (tertiary/aromatic N) is 1. The van der Waals surface area contributed by atoms with E-state index < -0.39 is 0 Å². The lowest BCUT2D eigenvalue weighted by Gasteiger charge is -2.12. The van der Waals surface area contributed by atoms with Crippen molar-refractivity contribution in [2.45, 2.75) is 26.4 Å². The summed E-state index contributed by atoms with van der Waals surface area (Å²) >= 11 is 1.83. The number of ether oxygens (including phenoxy) is 1. The molecule has 1 unspecified atom stereocenters. The Morgan fingerprint density at radius 1 is 1.33 bits per heavy atom. The van der Waals surface area contributed by atoms with Gasteiger partial charge in [-0.3, -0.25) is 0 Å². The first-order valence-electron chi connectivity index (χ1n) is 5.98. The normalized spacial score (nSPS) is 12.4. The van der Waals surface area contributed by atoms with Crippen LogP contribution in [0.1, 0.15) is 28.4 Å². The van der Waals surface area contributed by atoms with Crippen LogP contribution in [0.4, 0.5) is 0 Å².